The molecule has 1 aromatic carbocycles. The van der Waals surface area contributed by atoms with Crippen LogP contribution in [0.15, 0.2) is 30.3 Å². The van der Waals surface area contributed by atoms with E-state index in [4.69, 9.17) is 4.74 Å². The third-order valence-electron chi connectivity index (χ3n) is 5.30. The number of ether oxygens (including phenoxy) is 1. The minimum Gasteiger partial charge on any atom is -0.369 e. The summed E-state index contributed by atoms with van der Waals surface area (Å²) in [6.45, 7) is 2.75. The molecule has 3 nitrogen and oxygen atoms in total. The first-order chi connectivity index (χ1) is 9.18. The van der Waals surface area contributed by atoms with Crippen LogP contribution in [0.3, 0.4) is 0 Å². The van der Waals surface area contributed by atoms with Crippen LogP contribution in [0, 0.1) is 17.3 Å². The van der Waals surface area contributed by atoms with Crippen LogP contribution in [0.5, 0.6) is 0 Å². The van der Waals surface area contributed by atoms with Gasteiger partial charge in [0.25, 0.3) is 0 Å². The van der Waals surface area contributed by atoms with Gasteiger partial charge in [0.1, 0.15) is 0 Å². The van der Waals surface area contributed by atoms with Crippen molar-refractivity contribution >= 4 is 5.91 Å². The molecule has 1 aromatic rings. The maximum atomic E-state index is 12.5. The largest absolute Gasteiger partial charge is 0.369 e. The molecule has 0 radical (unpaired) electrons. The molecule has 100 valence electrons. The molecular weight excluding hydrogens is 238 g/mol. The lowest BCUT2D eigenvalue weighted by Crippen LogP contribution is -2.44. The number of carbonyl (C=O) groups excluding carboxylic acids is 1. The normalized spacial score (nSPS) is 41.9. The number of carbonyl (C=O) groups is 1. The Labute approximate surface area is 113 Å². The highest BCUT2D eigenvalue weighted by Gasteiger charge is 2.69. The summed E-state index contributed by atoms with van der Waals surface area (Å²) in [5.41, 5.74) is 0.945. The number of fused-ring (bicyclic) bond motifs is 5. The van der Waals surface area contributed by atoms with Crippen LogP contribution in [0.25, 0.3) is 0 Å². The van der Waals surface area contributed by atoms with Crippen LogP contribution in [-0.2, 0) is 16.1 Å². The first-order valence-corrected chi connectivity index (χ1v) is 7.16. The molecule has 2 aliphatic carbocycles. The second-order valence-corrected chi connectivity index (χ2v) is 6.46. The highest BCUT2D eigenvalue weighted by atomic mass is 16.6. The lowest BCUT2D eigenvalue weighted by atomic mass is 9.74. The quantitative estimate of drug-likeness (QED) is 0.843. The zero-order chi connectivity index (χ0) is 13.0. The van der Waals surface area contributed by atoms with Gasteiger partial charge in [-0.15, -0.1) is 0 Å². The zero-order valence-electron chi connectivity index (χ0n) is 11.1. The molecule has 2 bridgehead atoms. The Hall–Kier alpha value is -1.35. The summed E-state index contributed by atoms with van der Waals surface area (Å²) >= 11 is 0. The van der Waals surface area contributed by atoms with Crippen LogP contribution in [0.1, 0.15) is 25.3 Å². The van der Waals surface area contributed by atoms with E-state index in [0.717, 1.165) is 12.0 Å². The molecule has 0 aromatic heterocycles. The molecule has 2 saturated carbocycles. The van der Waals surface area contributed by atoms with Gasteiger partial charge in [-0.2, -0.15) is 0 Å². The topological polar surface area (TPSA) is 41.6 Å². The van der Waals surface area contributed by atoms with Gasteiger partial charge in [0, 0.05) is 12.5 Å². The standard InChI is InChI=1S/C16H19NO2/c1-16(8-11-7-12(16)14-13(11)19-14)15(18)17-9-10-5-3-2-4-6-10/h2-6,11-14H,7-9H2,1H3,(H,17,18). The monoisotopic (exact) mass is 257 g/mol. The zero-order valence-corrected chi connectivity index (χ0v) is 11.1. The van der Waals surface area contributed by atoms with E-state index in [0.29, 0.717) is 30.6 Å². The first-order valence-electron chi connectivity index (χ1n) is 7.16. The molecule has 3 fully saturated rings. The molecule has 1 heterocycles. The van der Waals surface area contributed by atoms with Gasteiger partial charge in [-0.25, -0.2) is 0 Å². The van der Waals surface area contributed by atoms with Gasteiger partial charge in [0.15, 0.2) is 0 Å². The van der Waals surface area contributed by atoms with E-state index in [-0.39, 0.29) is 11.3 Å². The summed E-state index contributed by atoms with van der Waals surface area (Å²) in [7, 11) is 0. The molecule has 3 heteroatoms. The molecule has 1 amide bonds. The fraction of sp³-hybridized carbons (Fsp3) is 0.562. The highest BCUT2D eigenvalue weighted by Crippen LogP contribution is 2.63. The van der Waals surface area contributed by atoms with Crippen LogP contribution in [0.4, 0.5) is 0 Å². The van der Waals surface area contributed by atoms with Gasteiger partial charge in [0.2, 0.25) is 5.91 Å². The maximum Gasteiger partial charge on any atom is 0.226 e. The van der Waals surface area contributed by atoms with E-state index in [1.54, 1.807) is 0 Å². The van der Waals surface area contributed by atoms with E-state index in [1.807, 2.05) is 30.3 Å². The molecule has 1 aliphatic heterocycles. The van der Waals surface area contributed by atoms with Crippen molar-refractivity contribution in [1.82, 2.24) is 5.32 Å². The molecule has 5 unspecified atom stereocenters. The Morgan fingerprint density at radius 1 is 1.37 bits per heavy atom. The number of nitrogens with one attached hydrogen (secondary N) is 1. The van der Waals surface area contributed by atoms with E-state index < -0.39 is 0 Å². The van der Waals surface area contributed by atoms with Crippen molar-refractivity contribution in [1.29, 1.82) is 0 Å². The summed E-state index contributed by atoms with van der Waals surface area (Å²) in [6, 6.07) is 10.1. The van der Waals surface area contributed by atoms with Gasteiger partial charge in [-0.3, -0.25) is 4.79 Å². The Bertz CT molecular complexity index is 515. The van der Waals surface area contributed by atoms with Gasteiger partial charge in [-0.1, -0.05) is 37.3 Å². The second-order valence-electron chi connectivity index (χ2n) is 6.46. The fourth-order valence-corrected chi connectivity index (χ4v) is 4.19. The average molecular weight is 257 g/mol. The summed E-state index contributed by atoms with van der Waals surface area (Å²) in [6.07, 6.45) is 3.05. The Balaban J connectivity index is 1.44. The van der Waals surface area contributed by atoms with Crippen LogP contribution >= 0.6 is 0 Å². The average Bonchev–Trinajstić information content (AvgIpc) is 3.07. The maximum absolute atomic E-state index is 12.5. The predicted molar refractivity (Wildman–Crippen MR) is 71.3 cm³/mol. The van der Waals surface area contributed by atoms with Crippen LogP contribution in [0.2, 0.25) is 0 Å². The van der Waals surface area contributed by atoms with Gasteiger partial charge in [-0.05, 0) is 24.3 Å². The summed E-state index contributed by atoms with van der Waals surface area (Å²) in [4.78, 5) is 12.5. The third kappa shape index (κ3) is 1.64. The molecular formula is C16H19NO2. The van der Waals surface area contributed by atoms with E-state index in [9.17, 15) is 4.79 Å². The van der Waals surface area contributed by atoms with Crippen molar-refractivity contribution < 1.29 is 9.53 Å². The fourth-order valence-electron chi connectivity index (χ4n) is 4.19. The highest BCUT2D eigenvalue weighted by molar-refractivity contribution is 5.83. The molecule has 5 atom stereocenters. The summed E-state index contributed by atoms with van der Waals surface area (Å²) in [5.74, 6) is 1.28. The number of benzene rings is 1. The van der Waals surface area contributed by atoms with Gasteiger partial charge in [0.05, 0.1) is 17.6 Å². The molecule has 4 rings (SSSR count). The van der Waals surface area contributed by atoms with Crippen molar-refractivity contribution in [2.24, 2.45) is 17.3 Å². The number of rotatable bonds is 3. The van der Waals surface area contributed by atoms with Crippen molar-refractivity contribution in [3.05, 3.63) is 35.9 Å². The number of hydrogen-bond acceptors (Lipinski definition) is 2. The third-order valence-corrected chi connectivity index (χ3v) is 5.30. The van der Waals surface area contributed by atoms with Crippen molar-refractivity contribution in [2.75, 3.05) is 0 Å². The van der Waals surface area contributed by atoms with Crippen molar-refractivity contribution in [2.45, 2.75) is 38.5 Å². The lowest BCUT2D eigenvalue weighted by molar-refractivity contribution is -0.133. The Kier molecular flexibility index (Phi) is 2.31. The summed E-state index contributed by atoms with van der Waals surface area (Å²) < 4.78 is 5.67. The Morgan fingerprint density at radius 3 is 2.84 bits per heavy atom. The van der Waals surface area contributed by atoms with Crippen LogP contribution in [-0.4, -0.2) is 18.1 Å². The van der Waals surface area contributed by atoms with E-state index in [2.05, 4.69) is 12.2 Å². The van der Waals surface area contributed by atoms with E-state index in [1.165, 1.54) is 6.42 Å². The summed E-state index contributed by atoms with van der Waals surface area (Å²) in [5, 5.41) is 3.11. The minimum absolute atomic E-state index is 0.206. The Morgan fingerprint density at radius 2 is 2.16 bits per heavy atom. The van der Waals surface area contributed by atoms with Crippen molar-refractivity contribution in [3.8, 4) is 0 Å². The molecule has 1 saturated heterocycles. The van der Waals surface area contributed by atoms with Crippen molar-refractivity contribution in [3.63, 3.8) is 0 Å². The molecule has 1 N–H and O–H groups in total. The predicted octanol–water partition coefficient (Wildman–Crippen LogP) is 2.12. The second kappa shape index (κ2) is 3.83. The SMILES string of the molecule is CC1(C(=O)NCc2ccccc2)CC2CC1C1OC21. The lowest BCUT2D eigenvalue weighted by Gasteiger charge is -2.30. The van der Waals surface area contributed by atoms with E-state index >= 15 is 0 Å². The van der Waals surface area contributed by atoms with Crippen LogP contribution < -0.4 is 5.32 Å². The van der Waals surface area contributed by atoms with Gasteiger partial charge >= 0.3 is 0 Å². The first kappa shape index (κ1) is 11.5. The van der Waals surface area contributed by atoms with Gasteiger partial charge < -0.3 is 10.1 Å². The molecule has 0 spiro atoms. The minimum atomic E-state index is -0.211. The number of hydrogen-bond donors (Lipinski definition) is 1. The number of amides is 1. The number of epoxide rings is 1. The molecule has 3 aliphatic rings. The smallest absolute Gasteiger partial charge is 0.226 e. The molecule has 19 heavy (non-hydrogen) atoms.